The van der Waals surface area contributed by atoms with Gasteiger partial charge in [0.05, 0.1) is 0 Å². The van der Waals surface area contributed by atoms with Crippen molar-refractivity contribution in [1.29, 1.82) is 0 Å². The van der Waals surface area contributed by atoms with E-state index in [0.717, 1.165) is 90.3 Å². The molecule has 1 aromatic heterocycles. The number of piperazine rings is 1. The van der Waals surface area contributed by atoms with Crippen LogP contribution in [-0.4, -0.2) is 86.4 Å². The summed E-state index contributed by atoms with van der Waals surface area (Å²) >= 11 is 0. The van der Waals surface area contributed by atoms with E-state index in [1.165, 1.54) is 0 Å². The first-order valence-electron chi connectivity index (χ1n) is 10.2. The molecule has 0 bridgehead atoms. The van der Waals surface area contributed by atoms with Crippen molar-refractivity contribution < 1.29 is 4.74 Å². The van der Waals surface area contributed by atoms with Gasteiger partial charge in [-0.25, -0.2) is 9.97 Å². The second-order valence-corrected chi connectivity index (χ2v) is 6.47. The van der Waals surface area contributed by atoms with Gasteiger partial charge in [-0.3, -0.25) is 9.89 Å². The number of nitrogens with zero attached hydrogens (tertiary/aromatic N) is 5. The van der Waals surface area contributed by atoms with Crippen LogP contribution in [0.3, 0.4) is 0 Å². The maximum Gasteiger partial charge on any atom is 0.225 e. The average molecular weight is 378 g/mol. The number of nitrogens with one attached hydrogen (secondary N) is 2. The lowest BCUT2D eigenvalue weighted by atomic mass is 10.3. The third kappa shape index (κ3) is 8.53. The van der Waals surface area contributed by atoms with Gasteiger partial charge in [-0.2, -0.15) is 0 Å². The minimum atomic E-state index is 0.792. The predicted octanol–water partition coefficient (Wildman–Crippen LogP) is 0.970. The van der Waals surface area contributed by atoms with E-state index in [1.54, 1.807) is 12.4 Å². The number of ether oxygens (including phenoxy) is 1. The normalized spacial score (nSPS) is 15.8. The molecular weight excluding hydrogens is 342 g/mol. The van der Waals surface area contributed by atoms with Gasteiger partial charge < -0.3 is 20.3 Å². The maximum absolute atomic E-state index is 5.36. The van der Waals surface area contributed by atoms with Gasteiger partial charge in [-0.1, -0.05) is 0 Å². The van der Waals surface area contributed by atoms with E-state index in [4.69, 9.17) is 4.74 Å². The van der Waals surface area contributed by atoms with Gasteiger partial charge in [0.1, 0.15) is 0 Å². The number of guanidine groups is 1. The molecule has 0 aromatic carbocycles. The van der Waals surface area contributed by atoms with Crippen LogP contribution in [0.1, 0.15) is 26.7 Å². The number of anilines is 1. The van der Waals surface area contributed by atoms with Crippen LogP contribution in [0.2, 0.25) is 0 Å². The number of hydrogen-bond donors (Lipinski definition) is 2. The molecule has 0 atom stereocenters. The van der Waals surface area contributed by atoms with E-state index in [2.05, 4.69) is 42.3 Å². The van der Waals surface area contributed by atoms with Crippen LogP contribution in [0.4, 0.5) is 5.95 Å². The fraction of sp³-hybridized carbons (Fsp3) is 0.737. The molecule has 0 saturated carbocycles. The molecule has 1 aromatic rings. The first-order valence-corrected chi connectivity index (χ1v) is 10.2. The highest BCUT2D eigenvalue weighted by molar-refractivity contribution is 5.79. The predicted molar refractivity (Wildman–Crippen MR) is 110 cm³/mol. The van der Waals surface area contributed by atoms with Crippen LogP contribution in [0, 0.1) is 0 Å². The Labute approximate surface area is 163 Å². The number of unbranched alkanes of at least 4 members (excludes halogenated alkanes) is 1. The summed E-state index contributed by atoms with van der Waals surface area (Å²) in [6, 6.07) is 1.86. The summed E-state index contributed by atoms with van der Waals surface area (Å²) in [5, 5.41) is 6.76. The Balaban J connectivity index is 1.62. The lowest BCUT2D eigenvalue weighted by Crippen LogP contribution is -2.49. The third-order valence-corrected chi connectivity index (χ3v) is 4.44. The molecule has 27 heavy (non-hydrogen) atoms. The van der Waals surface area contributed by atoms with Crippen molar-refractivity contribution >= 4 is 11.9 Å². The highest BCUT2D eigenvalue weighted by Gasteiger charge is 2.18. The zero-order valence-electron chi connectivity index (χ0n) is 16.9. The lowest BCUT2D eigenvalue weighted by molar-refractivity contribution is 0.144. The monoisotopic (exact) mass is 377 g/mol. The molecule has 2 N–H and O–H groups in total. The van der Waals surface area contributed by atoms with Gasteiger partial charge in [-0.05, 0) is 32.8 Å². The summed E-state index contributed by atoms with van der Waals surface area (Å²) in [6.07, 6.45) is 5.72. The molecule has 1 fully saturated rings. The standard InChI is InChI=1S/C19H35N7O/c1-3-20-18(21-8-5-6-17-27-4-2)22-11-12-25-13-15-26(16-14-25)19-23-9-7-10-24-19/h7,9-10H,3-6,8,11-17H2,1-2H3,(H2,20,21,22). The van der Waals surface area contributed by atoms with Crippen molar-refractivity contribution in [3.8, 4) is 0 Å². The zero-order valence-corrected chi connectivity index (χ0v) is 16.9. The quantitative estimate of drug-likeness (QED) is 0.338. The Bertz CT molecular complexity index is 518. The van der Waals surface area contributed by atoms with Crippen molar-refractivity contribution in [3.05, 3.63) is 18.5 Å². The van der Waals surface area contributed by atoms with Crippen LogP contribution < -0.4 is 15.5 Å². The van der Waals surface area contributed by atoms with Gasteiger partial charge >= 0.3 is 0 Å². The minimum Gasteiger partial charge on any atom is -0.382 e. The molecule has 8 heteroatoms. The number of hydrogen-bond acceptors (Lipinski definition) is 6. The van der Waals surface area contributed by atoms with E-state index >= 15 is 0 Å². The average Bonchev–Trinajstić information content (AvgIpc) is 2.72. The van der Waals surface area contributed by atoms with Crippen LogP contribution in [0.15, 0.2) is 23.5 Å². The van der Waals surface area contributed by atoms with Crippen LogP contribution in [-0.2, 0) is 4.74 Å². The maximum atomic E-state index is 5.36. The Morgan fingerprint density at radius 1 is 1.11 bits per heavy atom. The third-order valence-electron chi connectivity index (χ3n) is 4.44. The Morgan fingerprint density at radius 2 is 1.89 bits per heavy atom. The van der Waals surface area contributed by atoms with Crippen molar-refractivity contribution in [1.82, 2.24) is 25.5 Å². The Kier molecular flexibility index (Phi) is 10.5. The van der Waals surface area contributed by atoms with Crippen LogP contribution >= 0.6 is 0 Å². The second kappa shape index (κ2) is 13.3. The molecule has 152 valence electrons. The van der Waals surface area contributed by atoms with Crippen LogP contribution in [0.5, 0.6) is 0 Å². The van der Waals surface area contributed by atoms with Gasteiger partial charge in [0, 0.05) is 78.0 Å². The SMILES string of the molecule is CCNC(=NCCCCOCC)NCCN1CCN(c2ncccn2)CC1. The highest BCUT2D eigenvalue weighted by atomic mass is 16.5. The number of aliphatic imine (C=N–C) groups is 1. The summed E-state index contributed by atoms with van der Waals surface area (Å²) in [6.45, 7) is 13.4. The van der Waals surface area contributed by atoms with Crippen LogP contribution in [0.25, 0.3) is 0 Å². The lowest BCUT2D eigenvalue weighted by Gasteiger charge is -2.34. The summed E-state index contributed by atoms with van der Waals surface area (Å²) in [5.41, 5.74) is 0. The molecule has 0 radical (unpaired) electrons. The fourth-order valence-electron chi connectivity index (χ4n) is 2.95. The molecule has 0 amide bonds. The second-order valence-electron chi connectivity index (χ2n) is 6.47. The molecule has 2 heterocycles. The molecule has 0 unspecified atom stereocenters. The molecule has 2 rings (SSSR count). The van der Waals surface area contributed by atoms with E-state index in [-0.39, 0.29) is 0 Å². The van der Waals surface area contributed by atoms with E-state index < -0.39 is 0 Å². The van der Waals surface area contributed by atoms with Gasteiger partial charge in [0.2, 0.25) is 5.95 Å². The zero-order chi connectivity index (χ0) is 19.2. The van der Waals surface area contributed by atoms with Gasteiger partial charge in [0.15, 0.2) is 5.96 Å². The van der Waals surface area contributed by atoms with Crippen molar-refractivity contribution in [2.24, 2.45) is 4.99 Å². The first kappa shape index (κ1) is 21.4. The molecule has 8 nitrogen and oxygen atoms in total. The van der Waals surface area contributed by atoms with Crippen molar-refractivity contribution in [2.75, 3.05) is 70.5 Å². The van der Waals surface area contributed by atoms with E-state index in [9.17, 15) is 0 Å². The minimum absolute atomic E-state index is 0.792. The Hall–Kier alpha value is -1.93. The van der Waals surface area contributed by atoms with E-state index in [1.807, 2.05) is 13.0 Å². The number of aromatic nitrogens is 2. The number of rotatable bonds is 11. The summed E-state index contributed by atoms with van der Waals surface area (Å²) in [4.78, 5) is 18.0. The summed E-state index contributed by atoms with van der Waals surface area (Å²) in [5.74, 6) is 1.74. The molecule has 1 saturated heterocycles. The fourth-order valence-corrected chi connectivity index (χ4v) is 2.95. The van der Waals surface area contributed by atoms with Crippen molar-refractivity contribution in [2.45, 2.75) is 26.7 Å². The molecule has 1 aliphatic heterocycles. The van der Waals surface area contributed by atoms with Gasteiger partial charge in [-0.15, -0.1) is 0 Å². The molecule has 1 aliphatic rings. The first-order chi connectivity index (χ1) is 13.3. The summed E-state index contributed by atoms with van der Waals surface area (Å²) < 4.78 is 5.36. The van der Waals surface area contributed by atoms with E-state index in [0.29, 0.717) is 0 Å². The smallest absolute Gasteiger partial charge is 0.225 e. The topological polar surface area (TPSA) is 77.9 Å². The van der Waals surface area contributed by atoms with Gasteiger partial charge in [0.25, 0.3) is 0 Å². The molecular formula is C19H35N7O. The van der Waals surface area contributed by atoms with Crippen molar-refractivity contribution in [3.63, 3.8) is 0 Å². The largest absolute Gasteiger partial charge is 0.382 e. The highest BCUT2D eigenvalue weighted by Crippen LogP contribution is 2.08. The Morgan fingerprint density at radius 3 is 2.59 bits per heavy atom. The molecule has 0 spiro atoms. The summed E-state index contributed by atoms with van der Waals surface area (Å²) in [7, 11) is 0. The molecule has 0 aliphatic carbocycles.